The lowest BCUT2D eigenvalue weighted by Gasteiger charge is -2.26. The van der Waals surface area contributed by atoms with Crippen LogP contribution in [-0.4, -0.2) is 36.0 Å². The molecule has 0 saturated heterocycles. The van der Waals surface area contributed by atoms with Crippen molar-refractivity contribution < 1.29 is 14.3 Å². The summed E-state index contributed by atoms with van der Waals surface area (Å²) in [6.45, 7) is 5.58. The molecule has 1 rings (SSSR count). The molecular formula is C14H19ClN2O3. The van der Waals surface area contributed by atoms with Crippen molar-refractivity contribution in [2.75, 3.05) is 18.9 Å². The zero-order valence-electron chi connectivity index (χ0n) is 11.9. The van der Waals surface area contributed by atoms with Gasteiger partial charge in [-0.1, -0.05) is 11.6 Å². The van der Waals surface area contributed by atoms with Gasteiger partial charge in [-0.15, -0.1) is 0 Å². The van der Waals surface area contributed by atoms with E-state index in [0.717, 1.165) is 0 Å². The van der Waals surface area contributed by atoms with Crippen molar-refractivity contribution in [3.63, 3.8) is 0 Å². The zero-order chi connectivity index (χ0) is 15.3. The van der Waals surface area contributed by atoms with Gasteiger partial charge in [-0.3, -0.25) is 9.59 Å². The van der Waals surface area contributed by atoms with E-state index < -0.39 is 5.97 Å². The molecule has 0 unspecified atom stereocenters. The first-order chi connectivity index (χ1) is 9.36. The lowest BCUT2D eigenvalue weighted by atomic mass is 10.1. The Kier molecular flexibility index (Phi) is 5.82. The summed E-state index contributed by atoms with van der Waals surface area (Å²) in [5.41, 5.74) is 6.41. The molecule has 1 amide bonds. The van der Waals surface area contributed by atoms with Crippen LogP contribution in [0.1, 0.15) is 31.1 Å². The van der Waals surface area contributed by atoms with Crippen LogP contribution >= 0.6 is 11.6 Å². The number of nitrogens with two attached hydrogens (primary N) is 1. The van der Waals surface area contributed by atoms with E-state index in [1.165, 1.54) is 11.0 Å². The van der Waals surface area contributed by atoms with Crippen molar-refractivity contribution in [2.24, 2.45) is 0 Å². The number of esters is 1. The minimum Gasteiger partial charge on any atom is -0.465 e. The Labute approximate surface area is 123 Å². The monoisotopic (exact) mass is 298 g/mol. The van der Waals surface area contributed by atoms with Gasteiger partial charge in [0, 0.05) is 11.6 Å². The van der Waals surface area contributed by atoms with E-state index in [2.05, 4.69) is 0 Å². The number of hydrogen-bond donors (Lipinski definition) is 1. The third-order valence-corrected chi connectivity index (χ3v) is 3.08. The molecule has 0 aliphatic carbocycles. The zero-order valence-corrected chi connectivity index (χ0v) is 12.6. The predicted octanol–water partition coefficient (Wildman–Crippen LogP) is 2.34. The molecule has 0 radical (unpaired) electrons. The number of anilines is 1. The van der Waals surface area contributed by atoms with Gasteiger partial charge in [0.2, 0.25) is 0 Å². The first-order valence-corrected chi connectivity index (χ1v) is 6.76. The van der Waals surface area contributed by atoms with E-state index in [0.29, 0.717) is 16.3 Å². The van der Waals surface area contributed by atoms with E-state index in [-0.39, 0.29) is 25.1 Å². The number of nitrogen functional groups attached to an aromatic ring is 1. The number of nitrogens with zero attached hydrogens (tertiary/aromatic N) is 1. The average molecular weight is 299 g/mol. The Morgan fingerprint density at radius 1 is 1.40 bits per heavy atom. The van der Waals surface area contributed by atoms with Crippen molar-refractivity contribution in [3.05, 3.63) is 28.8 Å². The summed E-state index contributed by atoms with van der Waals surface area (Å²) < 4.78 is 4.87. The number of benzene rings is 1. The summed E-state index contributed by atoms with van der Waals surface area (Å²) in [6, 6.07) is 4.52. The molecule has 0 bridgehead atoms. The summed E-state index contributed by atoms with van der Waals surface area (Å²) in [5, 5.41) is 0.392. The van der Waals surface area contributed by atoms with Crippen LogP contribution in [0.4, 0.5) is 5.69 Å². The molecule has 0 saturated carbocycles. The van der Waals surface area contributed by atoms with Gasteiger partial charge in [-0.05, 0) is 39.0 Å². The Morgan fingerprint density at radius 2 is 2.05 bits per heavy atom. The maximum atomic E-state index is 12.4. The molecule has 1 aromatic rings. The fourth-order valence-electron chi connectivity index (χ4n) is 1.68. The molecule has 6 heteroatoms. The number of carbonyl (C=O) groups is 2. The second-order valence-corrected chi connectivity index (χ2v) is 4.98. The van der Waals surface area contributed by atoms with Crippen molar-refractivity contribution in [1.29, 1.82) is 0 Å². The molecule has 0 aromatic heterocycles. The smallest absolute Gasteiger partial charge is 0.325 e. The molecule has 110 valence electrons. The number of ether oxygens (including phenoxy) is 1. The third-order valence-electron chi connectivity index (χ3n) is 2.73. The SMILES string of the molecule is CCOC(=O)CN(C(=O)c1ccc(Cl)c(N)c1)C(C)C. The molecule has 20 heavy (non-hydrogen) atoms. The maximum Gasteiger partial charge on any atom is 0.325 e. The van der Waals surface area contributed by atoms with Crippen LogP contribution in [0.15, 0.2) is 18.2 Å². The average Bonchev–Trinajstić information content (AvgIpc) is 2.38. The first-order valence-electron chi connectivity index (χ1n) is 6.38. The molecule has 0 atom stereocenters. The summed E-state index contributed by atoms with van der Waals surface area (Å²) in [4.78, 5) is 25.4. The van der Waals surface area contributed by atoms with Crippen molar-refractivity contribution >= 4 is 29.2 Å². The molecule has 0 heterocycles. The number of hydrogen-bond acceptors (Lipinski definition) is 4. The summed E-state index contributed by atoms with van der Waals surface area (Å²) in [6.07, 6.45) is 0. The second-order valence-electron chi connectivity index (χ2n) is 4.57. The lowest BCUT2D eigenvalue weighted by Crippen LogP contribution is -2.41. The van der Waals surface area contributed by atoms with E-state index in [1.807, 2.05) is 13.8 Å². The van der Waals surface area contributed by atoms with Crippen molar-refractivity contribution in [1.82, 2.24) is 4.90 Å². The normalized spacial score (nSPS) is 10.4. The van der Waals surface area contributed by atoms with E-state index in [4.69, 9.17) is 22.1 Å². The maximum absolute atomic E-state index is 12.4. The highest BCUT2D eigenvalue weighted by Crippen LogP contribution is 2.21. The topological polar surface area (TPSA) is 72.6 Å². The predicted molar refractivity (Wildman–Crippen MR) is 78.7 cm³/mol. The van der Waals surface area contributed by atoms with E-state index in [9.17, 15) is 9.59 Å². The molecule has 1 aromatic carbocycles. The van der Waals surface area contributed by atoms with Gasteiger partial charge in [0.15, 0.2) is 0 Å². The Morgan fingerprint density at radius 3 is 2.55 bits per heavy atom. The molecule has 0 aliphatic heterocycles. The summed E-state index contributed by atoms with van der Waals surface area (Å²) in [7, 11) is 0. The highest BCUT2D eigenvalue weighted by molar-refractivity contribution is 6.33. The molecule has 5 nitrogen and oxygen atoms in total. The number of amides is 1. The van der Waals surface area contributed by atoms with Crippen LogP contribution < -0.4 is 5.73 Å². The van der Waals surface area contributed by atoms with E-state index in [1.54, 1.807) is 19.1 Å². The van der Waals surface area contributed by atoms with Crippen LogP contribution in [0.5, 0.6) is 0 Å². The lowest BCUT2D eigenvalue weighted by molar-refractivity contribution is -0.144. The Hall–Kier alpha value is -1.75. The first kappa shape index (κ1) is 16.3. The van der Waals surface area contributed by atoms with Gasteiger partial charge in [0.05, 0.1) is 17.3 Å². The minimum atomic E-state index is -0.434. The number of carbonyl (C=O) groups excluding carboxylic acids is 2. The Balaban J connectivity index is 2.93. The van der Waals surface area contributed by atoms with Gasteiger partial charge in [0.1, 0.15) is 6.54 Å². The van der Waals surface area contributed by atoms with Crippen LogP contribution in [0.25, 0.3) is 0 Å². The van der Waals surface area contributed by atoms with Gasteiger partial charge in [-0.2, -0.15) is 0 Å². The highest BCUT2D eigenvalue weighted by Gasteiger charge is 2.22. The molecule has 0 fully saturated rings. The second kappa shape index (κ2) is 7.14. The van der Waals surface area contributed by atoms with Gasteiger partial charge in [0.25, 0.3) is 5.91 Å². The highest BCUT2D eigenvalue weighted by atomic mass is 35.5. The molecule has 0 spiro atoms. The molecule has 2 N–H and O–H groups in total. The van der Waals surface area contributed by atoms with Crippen LogP contribution in [0.3, 0.4) is 0 Å². The number of rotatable bonds is 5. The quantitative estimate of drug-likeness (QED) is 0.669. The Bertz CT molecular complexity index is 503. The fourth-order valence-corrected chi connectivity index (χ4v) is 1.79. The van der Waals surface area contributed by atoms with Crippen LogP contribution in [-0.2, 0) is 9.53 Å². The van der Waals surface area contributed by atoms with E-state index >= 15 is 0 Å². The molecule has 0 aliphatic rings. The minimum absolute atomic E-state index is 0.0904. The fraction of sp³-hybridized carbons (Fsp3) is 0.429. The summed E-state index contributed by atoms with van der Waals surface area (Å²) >= 11 is 5.83. The third kappa shape index (κ3) is 4.13. The van der Waals surface area contributed by atoms with Gasteiger partial charge >= 0.3 is 5.97 Å². The van der Waals surface area contributed by atoms with Gasteiger partial charge < -0.3 is 15.4 Å². The number of halogens is 1. The van der Waals surface area contributed by atoms with Crippen molar-refractivity contribution in [3.8, 4) is 0 Å². The van der Waals surface area contributed by atoms with Gasteiger partial charge in [-0.25, -0.2) is 0 Å². The largest absolute Gasteiger partial charge is 0.465 e. The standard InChI is InChI=1S/C14H19ClN2O3/c1-4-20-13(18)8-17(9(2)3)14(19)10-5-6-11(15)12(16)7-10/h5-7,9H,4,8,16H2,1-3H3. The van der Waals surface area contributed by atoms with Crippen molar-refractivity contribution in [2.45, 2.75) is 26.8 Å². The molecular weight excluding hydrogens is 280 g/mol. The van der Waals surface area contributed by atoms with Crippen LogP contribution in [0.2, 0.25) is 5.02 Å². The summed E-state index contributed by atoms with van der Waals surface area (Å²) in [5.74, 6) is -0.715. The van der Waals surface area contributed by atoms with Crippen LogP contribution in [0, 0.1) is 0 Å².